The van der Waals surface area contributed by atoms with Crippen LogP contribution in [0.4, 0.5) is 13.2 Å². The highest BCUT2D eigenvalue weighted by Gasteiger charge is 2.31. The lowest BCUT2D eigenvalue weighted by atomic mass is 9.96. The highest BCUT2D eigenvalue weighted by Crippen LogP contribution is 2.31. The molecule has 3 rings (SSSR count). The second-order valence-electron chi connectivity index (χ2n) is 7.21. The number of alkyl halides is 3. The Hall–Kier alpha value is -2.91. The second-order valence-corrected chi connectivity index (χ2v) is 7.21. The third-order valence-electron chi connectivity index (χ3n) is 3.80. The summed E-state index contributed by atoms with van der Waals surface area (Å²) in [5, 5.41) is 3.86. The SMILES string of the molecule is CC(C)(C)c1noc(CCC(=O)OCc2nc3cc(C(F)(F)F)ccc3o2)n1. The van der Waals surface area contributed by atoms with Crippen LogP contribution < -0.4 is 0 Å². The van der Waals surface area contributed by atoms with Crippen LogP contribution in [-0.4, -0.2) is 21.1 Å². The molecule has 7 nitrogen and oxygen atoms in total. The number of ether oxygens (including phenoxy) is 1. The van der Waals surface area contributed by atoms with Crippen LogP contribution >= 0.6 is 0 Å². The van der Waals surface area contributed by atoms with Crippen LogP contribution in [0.25, 0.3) is 11.1 Å². The molecule has 0 atom stereocenters. The zero-order valence-electron chi connectivity index (χ0n) is 15.5. The molecule has 0 bridgehead atoms. The first-order valence-electron chi connectivity index (χ1n) is 8.48. The number of hydrogen-bond acceptors (Lipinski definition) is 7. The standard InChI is InChI=1S/C18H18F3N3O4/c1-17(2,3)16-23-13(28-24-16)6-7-15(25)26-9-14-22-11-8-10(18(19,20)21)4-5-12(11)27-14/h4-5,8H,6-7,9H2,1-3H3. The zero-order valence-corrected chi connectivity index (χ0v) is 15.5. The number of nitrogens with zero attached hydrogens (tertiary/aromatic N) is 3. The fourth-order valence-electron chi connectivity index (χ4n) is 2.30. The Kier molecular flexibility index (Phi) is 5.14. The lowest BCUT2D eigenvalue weighted by Gasteiger charge is -2.10. The van der Waals surface area contributed by atoms with Gasteiger partial charge in [-0.15, -0.1) is 0 Å². The molecule has 0 radical (unpaired) electrons. The molecule has 0 saturated heterocycles. The number of fused-ring (bicyclic) bond motifs is 1. The van der Waals surface area contributed by atoms with Crippen molar-refractivity contribution in [2.45, 2.75) is 51.8 Å². The van der Waals surface area contributed by atoms with Crippen molar-refractivity contribution < 1.29 is 31.6 Å². The summed E-state index contributed by atoms with van der Waals surface area (Å²) >= 11 is 0. The summed E-state index contributed by atoms with van der Waals surface area (Å²) in [5.41, 5.74) is -0.867. The fourth-order valence-corrected chi connectivity index (χ4v) is 2.30. The van der Waals surface area contributed by atoms with Crippen molar-refractivity contribution >= 4 is 17.1 Å². The monoisotopic (exact) mass is 397 g/mol. The molecule has 0 aliphatic heterocycles. The topological polar surface area (TPSA) is 91.2 Å². The summed E-state index contributed by atoms with van der Waals surface area (Å²) in [5.74, 6) is 0.327. The van der Waals surface area contributed by atoms with Gasteiger partial charge in [0.15, 0.2) is 18.0 Å². The van der Waals surface area contributed by atoms with Gasteiger partial charge in [0.1, 0.15) is 5.52 Å². The molecule has 0 fully saturated rings. The Morgan fingerprint density at radius 2 is 1.89 bits per heavy atom. The van der Waals surface area contributed by atoms with Crippen molar-refractivity contribution in [3.8, 4) is 0 Å². The third kappa shape index (κ3) is 4.68. The van der Waals surface area contributed by atoms with Gasteiger partial charge in [0.05, 0.1) is 12.0 Å². The van der Waals surface area contributed by atoms with Crippen LogP contribution in [0.5, 0.6) is 0 Å². The van der Waals surface area contributed by atoms with E-state index in [-0.39, 0.29) is 41.9 Å². The minimum Gasteiger partial charge on any atom is -0.456 e. The van der Waals surface area contributed by atoms with Crippen molar-refractivity contribution in [1.29, 1.82) is 0 Å². The summed E-state index contributed by atoms with van der Waals surface area (Å²) in [6.45, 7) is 5.53. The van der Waals surface area contributed by atoms with Gasteiger partial charge in [0.25, 0.3) is 0 Å². The first-order chi connectivity index (χ1) is 13.0. The van der Waals surface area contributed by atoms with Crippen LogP contribution in [0, 0.1) is 0 Å². The number of carbonyl (C=O) groups excluding carboxylic acids is 1. The maximum absolute atomic E-state index is 12.7. The largest absolute Gasteiger partial charge is 0.456 e. The van der Waals surface area contributed by atoms with Gasteiger partial charge in [0.2, 0.25) is 11.8 Å². The molecule has 10 heteroatoms. The quantitative estimate of drug-likeness (QED) is 0.596. The second kappa shape index (κ2) is 7.25. The van der Waals surface area contributed by atoms with Gasteiger partial charge in [-0.05, 0) is 18.2 Å². The number of aryl methyl sites for hydroxylation is 1. The Morgan fingerprint density at radius 3 is 2.54 bits per heavy atom. The summed E-state index contributed by atoms with van der Waals surface area (Å²) in [6, 6.07) is 2.96. The lowest BCUT2D eigenvalue weighted by molar-refractivity contribution is -0.145. The Labute approximate surface area is 157 Å². The van der Waals surface area contributed by atoms with Gasteiger partial charge >= 0.3 is 12.1 Å². The molecule has 0 aliphatic carbocycles. The minimum atomic E-state index is -4.47. The van der Waals surface area contributed by atoms with Crippen molar-refractivity contribution in [3.05, 3.63) is 41.4 Å². The average molecular weight is 397 g/mol. The molecule has 0 unspecified atom stereocenters. The van der Waals surface area contributed by atoms with E-state index in [4.69, 9.17) is 13.7 Å². The number of esters is 1. The number of oxazole rings is 1. The number of benzene rings is 1. The van der Waals surface area contributed by atoms with E-state index >= 15 is 0 Å². The van der Waals surface area contributed by atoms with Crippen LogP contribution in [0.1, 0.15) is 50.4 Å². The molecule has 0 aliphatic rings. The molecule has 0 N–H and O–H groups in total. The molecule has 2 aromatic heterocycles. The summed E-state index contributed by atoms with van der Waals surface area (Å²) < 4.78 is 53.6. The van der Waals surface area contributed by atoms with Crippen LogP contribution in [0.2, 0.25) is 0 Å². The highest BCUT2D eigenvalue weighted by atomic mass is 19.4. The number of rotatable bonds is 5. The number of halogens is 3. The Balaban J connectivity index is 1.55. The Bertz CT molecular complexity index is 986. The lowest BCUT2D eigenvalue weighted by Crippen LogP contribution is -2.13. The number of hydrogen-bond donors (Lipinski definition) is 0. The van der Waals surface area contributed by atoms with Crippen LogP contribution in [0.3, 0.4) is 0 Å². The predicted octanol–water partition coefficient (Wildman–Crippen LogP) is 4.20. The van der Waals surface area contributed by atoms with Gasteiger partial charge in [-0.1, -0.05) is 25.9 Å². The molecular weight excluding hydrogens is 379 g/mol. The molecule has 150 valence electrons. The van der Waals surface area contributed by atoms with Crippen molar-refractivity contribution in [2.75, 3.05) is 0 Å². The van der Waals surface area contributed by atoms with E-state index in [1.54, 1.807) is 0 Å². The van der Waals surface area contributed by atoms with Gasteiger partial charge in [-0.3, -0.25) is 4.79 Å². The number of aromatic nitrogens is 3. The van der Waals surface area contributed by atoms with Crippen LogP contribution in [-0.2, 0) is 34.2 Å². The molecule has 28 heavy (non-hydrogen) atoms. The zero-order chi connectivity index (χ0) is 20.5. The van der Waals surface area contributed by atoms with E-state index in [1.807, 2.05) is 20.8 Å². The summed E-state index contributed by atoms with van der Waals surface area (Å²) in [6.07, 6.45) is -4.25. The third-order valence-corrected chi connectivity index (χ3v) is 3.80. The Morgan fingerprint density at radius 1 is 1.14 bits per heavy atom. The molecule has 0 spiro atoms. The summed E-state index contributed by atoms with van der Waals surface area (Å²) in [7, 11) is 0. The number of carbonyl (C=O) groups is 1. The molecule has 0 saturated carbocycles. The van der Waals surface area contributed by atoms with Crippen molar-refractivity contribution in [1.82, 2.24) is 15.1 Å². The van der Waals surface area contributed by atoms with E-state index in [0.29, 0.717) is 11.7 Å². The maximum Gasteiger partial charge on any atom is 0.416 e. The molecule has 0 amide bonds. The normalized spacial score (nSPS) is 12.5. The van der Waals surface area contributed by atoms with E-state index in [2.05, 4.69) is 15.1 Å². The van der Waals surface area contributed by atoms with E-state index < -0.39 is 17.7 Å². The van der Waals surface area contributed by atoms with Gasteiger partial charge in [-0.2, -0.15) is 18.2 Å². The minimum absolute atomic E-state index is 0.00419. The smallest absolute Gasteiger partial charge is 0.416 e. The van der Waals surface area contributed by atoms with Crippen molar-refractivity contribution in [2.24, 2.45) is 0 Å². The maximum atomic E-state index is 12.7. The van der Waals surface area contributed by atoms with E-state index in [9.17, 15) is 18.0 Å². The molecule has 2 heterocycles. The van der Waals surface area contributed by atoms with E-state index in [1.165, 1.54) is 6.07 Å². The summed E-state index contributed by atoms with van der Waals surface area (Å²) in [4.78, 5) is 20.0. The molecule has 1 aromatic carbocycles. The molecular formula is C18H18F3N3O4. The first kappa shape index (κ1) is 19.8. The van der Waals surface area contributed by atoms with Crippen molar-refractivity contribution in [3.63, 3.8) is 0 Å². The first-order valence-corrected chi connectivity index (χ1v) is 8.48. The average Bonchev–Trinajstić information content (AvgIpc) is 3.22. The highest BCUT2D eigenvalue weighted by molar-refractivity contribution is 5.73. The molecule has 3 aromatic rings. The fraction of sp³-hybridized carbons (Fsp3) is 0.444. The van der Waals surface area contributed by atoms with Gasteiger partial charge in [-0.25, -0.2) is 4.98 Å². The van der Waals surface area contributed by atoms with E-state index in [0.717, 1.165) is 12.1 Å². The van der Waals surface area contributed by atoms with Gasteiger partial charge < -0.3 is 13.7 Å². The van der Waals surface area contributed by atoms with Crippen LogP contribution in [0.15, 0.2) is 27.1 Å². The predicted molar refractivity (Wildman–Crippen MR) is 90.1 cm³/mol. The van der Waals surface area contributed by atoms with Gasteiger partial charge in [0, 0.05) is 11.8 Å².